The van der Waals surface area contributed by atoms with E-state index in [0.717, 1.165) is 18.2 Å². The highest BCUT2D eigenvalue weighted by molar-refractivity contribution is 5.97. The number of ether oxygens (including phenoxy) is 2. The Hall–Kier alpha value is -2.88. The lowest BCUT2D eigenvalue weighted by molar-refractivity contribution is -0.153. The van der Waals surface area contributed by atoms with Crippen LogP contribution in [-0.2, 0) is 10.9 Å². The Kier molecular flexibility index (Phi) is 6.16. The molecule has 1 aromatic carbocycles. The fraction of sp³-hybridized carbons (Fsp3) is 0.400. The monoisotopic (exact) mass is 429 g/mol. The van der Waals surface area contributed by atoms with E-state index in [1.54, 1.807) is 0 Å². The maximum absolute atomic E-state index is 13.4. The Labute approximate surface area is 169 Å². The second-order valence-corrected chi connectivity index (χ2v) is 6.85. The highest BCUT2D eigenvalue weighted by atomic mass is 19.4. The molecule has 0 radical (unpaired) electrons. The SMILES string of the molecule is CC(=O)c1cc(F)ccc1OCC1CN(C(=O)c2cc(C)oc2C(F)(F)F)CCO1. The number of nitrogens with zero attached hydrogens (tertiary/aromatic N) is 1. The van der Waals surface area contributed by atoms with Crippen LogP contribution in [0.5, 0.6) is 5.75 Å². The third-order valence-corrected chi connectivity index (χ3v) is 4.51. The number of morpholine rings is 1. The molecule has 6 nitrogen and oxygen atoms in total. The van der Waals surface area contributed by atoms with Gasteiger partial charge < -0.3 is 18.8 Å². The summed E-state index contributed by atoms with van der Waals surface area (Å²) in [4.78, 5) is 25.5. The van der Waals surface area contributed by atoms with E-state index in [9.17, 15) is 27.2 Å². The summed E-state index contributed by atoms with van der Waals surface area (Å²) in [6.45, 7) is 2.71. The number of benzene rings is 1. The molecule has 1 unspecified atom stereocenters. The van der Waals surface area contributed by atoms with Gasteiger partial charge in [0.2, 0.25) is 5.76 Å². The standard InChI is InChI=1S/C20H19F4NO5/c1-11-7-16(18(30-11)20(22,23)24)19(27)25-5-6-28-14(9-25)10-29-17-4-3-13(21)8-15(17)12(2)26/h3-4,7-8,14H,5-6,9-10H2,1-2H3. The van der Waals surface area contributed by atoms with Crippen molar-refractivity contribution in [2.75, 3.05) is 26.3 Å². The molecule has 1 atom stereocenters. The van der Waals surface area contributed by atoms with Gasteiger partial charge in [0.15, 0.2) is 5.78 Å². The van der Waals surface area contributed by atoms with Crippen molar-refractivity contribution in [2.24, 2.45) is 0 Å². The van der Waals surface area contributed by atoms with Crippen molar-refractivity contribution in [3.8, 4) is 5.75 Å². The van der Waals surface area contributed by atoms with Crippen LogP contribution in [0, 0.1) is 12.7 Å². The third kappa shape index (κ3) is 4.81. The summed E-state index contributed by atoms with van der Waals surface area (Å²) in [6.07, 6.45) is -5.44. The van der Waals surface area contributed by atoms with E-state index in [0.29, 0.717) is 0 Å². The molecular formula is C20H19F4NO5. The van der Waals surface area contributed by atoms with E-state index in [-0.39, 0.29) is 49.2 Å². The van der Waals surface area contributed by atoms with Crippen molar-refractivity contribution in [2.45, 2.75) is 26.1 Å². The van der Waals surface area contributed by atoms with Crippen molar-refractivity contribution in [3.63, 3.8) is 0 Å². The van der Waals surface area contributed by atoms with E-state index in [1.807, 2.05) is 0 Å². The Balaban J connectivity index is 1.70. The zero-order chi connectivity index (χ0) is 22.1. The number of alkyl halides is 3. The highest BCUT2D eigenvalue weighted by Gasteiger charge is 2.41. The van der Waals surface area contributed by atoms with Crippen molar-refractivity contribution in [1.82, 2.24) is 4.90 Å². The molecule has 162 valence electrons. The minimum atomic E-state index is -4.79. The molecule has 1 amide bonds. The molecule has 1 fully saturated rings. The molecule has 0 aliphatic carbocycles. The number of halogens is 4. The van der Waals surface area contributed by atoms with E-state index >= 15 is 0 Å². The molecule has 2 aromatic rings. The number of ketones is 1. The largest absolute Gasteiger partial charge is 0.490 e. The van der Waals surface area contributed by atoms with Crippen molar-refractivity contribution < 1.29 is 41.0 Å². The summed E-state index contributed by atoms with van der Waals surface area (Å²) in [7, 11) is 0. The molecule has 1 saturated heterocycles. The molecule has 10 heteroatoms. The smallest absolute Gasteiger partial charge is 0.450 e. The molecule has 0 spiro atoms. The first-order valence-corrected chi connectivity index (χ1v) is 9.08. The van der Waals surface area contributed by atoms with Crippen LogP contribution in [0.25, 0.3) is 0 Å². The lowest BCUT2D eigenvalue weighted by Gasteiger charge is -2.33. The van der Waals surface area contributed by atoms with Crippen LogP contribution in [0.1, 0.15) is 39.2 Å². The Morgan fingerprint density at radius 1 is 1.23 bits per heavy atom. The van der Waals surface area contributed by atoms with Gasteiger partial charge in [-0.15, -0.1) is 0 Å². The summed E-state index contributed by atoms with van der Waals surface area (Å²) in [6, 6.07) is 4.56. The maximum Gasteiger partial charge on any atom is 0.450 e. The van der Waals surface area contributed by atoms with Gasteiger partial charge in [0, 0.05) is 6.54 Å². The Morgan fingerprint density at radius 2 is 1.97 bits per heavy atom. The predicted molar refractivity (Wildman–Crippen MR) is 96.0 cm³/mol. The van der Waals surface area contributed by atoms with Gasteiger partial charge in [-0.1, -0.05) is 0 Å². The van der Waals surface area contributed by atoms with Gasteiger partial charge in [0.05, 0.1) is 24.3 Å². The number of furan rings is 1. The van der Waals surface area contributed by atoms with Gasteiger partial charge in [0.25, 0.3) is 5.91 Å². The van der Waals surface area contributed by atoms with Crippen LogP contribution >= 0.6 is 0 Å². The normalized spacial score (nSPS) is 17.1. The van der Waals surface area contributed by atoms with Crippen LogP contribution in [0.4, 0.5) is 17.6 Å². The highest BCUT2D eigenvalue weighted by Crippen LogP contribution is 2.34. The minimum Gasteiger partial charge on any atom is -0.490 e. The first kappa shape index (κ1) is 21.8. The van der Waals surface area contributed by atoms with Gasteiger partial charge in [-0.05, 0) is 38.1 Å². The maximum atomic E-state index is 13.4. The summed E-state index contributed by atoms with van der Waals surface area (Å²) in [5.74, 6) is -3.00. The average Bonchev–Trinajstić information content (AvgIpc) is 3.09. The van der Waals surface area contributed by atoms with E-state index in [4.69, 9.17) is 9.47 Å². The first-order chi connectivity index (χ1) is 14.1. The number of carbonyl (C=O) groups is 2. The first-order valence-electron chi connectivity index (χ1n) is 9.08. The summed E-state index contributed by atoms with van der Waals surface area (Å²) >= 11 is 0. The van der Waals surface area contributed by atoms with Crippen LogP contribution in [0.2, 0.25) is 0 Å². The molecule has 0 bridgehead atoms. The molecule has 2 heterocycles. The van der Waals surface area contributed by atoms with Gasteiger partial charge >= 0.3 is 6.18 Å². The second kappa shape index (κ2) is 8.47. The van der Waals surface area contributed by atoms with Gasteiger partial charge in [0.1, 0.15) is 30.0 Å². The minimum absolute atomic E-state index is 0.0169. The van der Waals surface area contributed by atoms with Crippen LogP contribution in [0.3, 0.4) is 0 Å². The Bertz CT molecular complexity index is 953. The summed E-state index contributed by atoms with van der Waals surface area (Å²) in [5, 5.41) is 0. The quantitative estimate of drug-likeness (QED) is 0.533. The molecule has 1 aliphatic rings. The molecule has 0 N–H and O–H groups in total. The van der Waals surface area contributed by atoms with Crippen LogP contribution < -0.4 is 4.74 Å². The summed E-state index contributed by atoms with van der Waals surface area (Å²) in [5.41, 5.74) is -0.499. The molecule has 3 rings (SSSR count). The van der Waals surface area contributed by atoms with Gasteiger partial charge in [-0.2, -0.15) is 13.2 Å². The van der Waals surface area contributed by atoms with Crippen LogP contribution in [0.15, 0.2) is 28.7 Å². The number of amides is 1. The average molecular weight is 429 g/mol. The molecular weight excluding hydrogens is 410 g/mol. The lowest BCUT2D eigenvalue weighted by Crippen LogP contribution is -2.47. The Morgan fingerprint density at radius 3 is 2.63 bits per heavy atom. The number of carbonyl (C=O) groups excluding carboxylic acids is 2. The zero-order valence-electron chi connectivity index (χ0n) is 16.2. The number of hydrogen-bond acceptors (Lipinski definition) is 5. The van der Waals surface area contributed by atoms with Crippen molar-refractivity contribution in [1.29, 1.82) is 0 Å². The van der Waals surface area contributed by atoms with Gasteiger partial charge in [-0.25, -0.2) is 4.39 Å². The predicted octanol–water partition coefficient (Wildman–Crippen LogP) is 3.87. The number of Topliss-reactive ketones (excluding diaryl/α,β-unsaturated/α-hetero) is 1. The topological polar surface area (TPSA) is 69.0 Å². The molecule has 1 aliphatic heterocycles. The summed E-state index contributed by atoms with van der Waals surface area (Å²) < 4.78 is 68.5. The van der Waals surface area contributed by atoms with Crippen LogP contribution in [-0.4, -0.2) is 49.0 Å². The fourth-order valence-corrected chi connectivity index (χ4v) is 3.14. The zero-order valence-corrected chi connectivity index (χ0v) is 16.2. The van der Waals surface area contributed by atoms with E-state index < -0.39 is 35.3 Å². The van der Waals surface area contributed by atoms with Gasteiger partial charge in [-0.3, -0.25) is 9.59 Å². The number of aryl methyl sites for hydroxylation is 1. The lowest BCUT2D eigenvalue weighted by atomic mass is 10.1. The fourth-order valence-electron chi connectivity index (χ4n) is 3.14. The van der Waals surface area contributed by atoms with Crippen molar-refractivity contribution >= 4 is 11.7 Å². The molecule has 1 aromatic heterocycles. The van der Waals surface area contributed by atoms with E-state index in [2.05, 4.69) is 4.42 Å². The second-order valence-electron chi connectivity index (χ2n) is 6.85. The van der Waals surface area contributed by atoms with E-state index in [1.165, 1.54) is 24.8 Å². The molecule has 30 heavy (non-hydrogen) atoms. The third-order valence-electron chi connectivity index (χ3n) is 4.51. The van der Waals surface area contributed by atoms with Crippen molar-refractivity contribution in [3.05, 3.63) is 52.7 Å². The number of hydrogen-bond donors (Lipinski definition) is 0. The molecule has 0 saturated carbocycles. The number of rotatable bonds is 5.